The number of carbonyl (C=O) groups is 2. The Hall–Kier alpha value is -3.43. The zero-order valence-corrected chi connectivity index (χ0v) is 18.7. The molecule has 0 radical (unpaired) electrons. The van der Waals surface area contributed by atoms with Gasteiger partial charge < -0.3 is 15.1 Å². The van der Waals surface area contributed by atoms with E-state index in [1.807, 2.05) is 13.0 Å². The maximum Gasteiger partial charge on any atom is 0.291 e. The molecule has 3 N–H and O–H groups in total. The van der Waals surface area contributed by atoms with Gasteiger partial charge in [-0.3, -0.25) is 9.59 Å². The van der Waals surface area contributed by atoms with Gasteiger partial charge in [-0.2, -0.15) is 0 Å². The molecule has 1 aromatic heterocycles. The molecule has 0 aliphatic carbocycles. The Morgan fingerprint density at radius 1 is 1.00 bits per heavy atom. The number of anilines is 1. The Labute approximate surface area is 187 Å². The predicted molar refractivity (Wildman–Crippen MR) is 121 cm³/mol. The van der Waals surface area contributed by atoms with Crippen molar-refractivity contribution >= 4 is 27.5 Å². The third-order valence-corrected chi connectivity index (χ3v) is 6.33. The van der Waals surface area contributed by atoms with Gasteiger partial charge in [0.15, 0.2) is 5.76 Å². The second-order valence-electron chi connectivity index (χ2n) is 7.32. The van der Waals surface area contributed by atoms with Crippen molar-refractivity contribution in [1.29, 1.82) is 0 Å². The van der Waals surface area contributed by atoms with Crippen LogP contribution < -0.4 is 15.4 Å². The van der Waals surface area contributed by atoms with Crippen molar-refractivity contribution in [2.45, 2.75) is 31.7 Å². The van der Waals surface area contributed by atoms with E-state index in [-0.39, 0.29) is 42.0 Å². The first-order valence-electron chi connectivity index (χ1n) is 10.0. The van der Waals surface area contributed by atoms with E-state index in [0.717, 1.165) is 11.1 Å². The molecule has 3 aromatic rings. The summed E-state index contributed by atoms with van der Waals surface area (Å²) in [6.07, 6.45) is 1.44. The molecule has 9 heteroatoms. The predicted octanol–water partition coefficient (Wildman–Crippen LogP) is 3.13. The number of furan rings is 1. The smallest absolute Gasteiger partial charge is 0.291 e. The Balaban J connectivity index is 1.44. The fraction of sp³-hybridized carbons (Fsp3) is 0.217. The monoisotopic (exact) mass is 455 g/mol. The minimum Gasteiger partial charge on any atom is -0.459 e. The first-order chi connectivity index (χ1) is 15.2. The van der Waals surface area contributed by atoms with Crippen LogP contribution in [0.2, 0.25) is 0 Å². The summed E-state index contributed by atoms with van der Waals surface area (Å²) in [6.45, 7) is 3.84. The van der Waals surface area contributed by atoms with Gasteiger partial charge in [0.25, 0.3) is 5.91 Å². The number of amides is 2. The van der Waals surface area contributed by atoms with E-state index in [4.69, 9.17) is 4.42 Å². The van der Waals surface area contributed by atoms with Gasteiger partial charge in [-0.25, -0.2) is 13.1 Å². The number of benzene rings is 2. The van der Waals surface area contributed by atoms with Gasteiger partial charge in [0.05, 0.1) is 11.2 Å². The average molecular weight is 456 g/mol. The Bertz CT molecular complexity index is 1190. The minimum atomic E-state index is -3.68. The maximum absolute atomic E-state index is 12.5. The topological polar surface area (TPSA) is 118 Å². The molecule has 0 atom stereocenters. The summed E-state index contributed by atoms with van der Waals surface area (Å²) in [6, 6.07) is 15.4. The molecular weight excluding hydrogens is 430 g/mol. The van der Waals surface area contributed by atoms with Crippen molar-refractivity contribution in [2.24, 2.45) is 0 Å². The zero-order valence-electron chi connectivity index (χ0n) is 17.8. The first-order valence-corrected chi connectivity index (χ1v) is 11.5. The standard InChI is InChI=1S/C23H25N3O5S/c1-16-5-6-17(2)21(14-16)32(29,30)25-12-11-22(27)24-15-18-7-9-19(10-8-18)26-23(28)20-4-3-13-31-20/h3-10,13-14,25H,11-12,15H2,1-2H3,(H,24,27)(H,26,28). The van der Waals surface area contributed by atoms with Gasteiger partial charge in [-0.05, 0) is 60.9 Å². The van der Waals surface area contributed by atoms with Crippen molar-refractivity contribution in [1.82, 2.24) is 10.0 Å². The molecule has 2 aromatic carbocycles. The molecule has 1 heterocycles. The molecule has 32 heavy (non-hydrogen) atoms. The highest BCUT2D eigenvalue weighted by molar-refractivity contribution is 7.89. The van der Waals surface area contributed by atoms with E-state index < -0.39 is 10.0 Å². The molecule has 0 aliphatic heterocycles. The van der Waals surface area contributed by atoms with Gasteiger partial charge in [0, 0.05) is 25.2 Å². The SMILES string of the molecule is Cc1ccc(C)c(S(=O)(=O)NCCC(=O)NCc2ccc(NC(=O)c3ccco3)cc2)c1. The molecule has 8 nitrogen and oxygen atoms in total. The summed E-state index contributed by atoms with van der Waals surface area (Å²) < 4.78 is 32.5. The molecule has 2 amide bonds. The third kappa shape index (κ3) is 6.29. The lowest BCUT2D eigenvalue weighted by Crippen LogP contribution is -2.31. The van der Waals surface area contributed by atoms with E-state index in [1.165, 1.54) is 6.26 Å². The highest BCUT2D eigenvalue weighted by Gasteiger charge is 2.17. The summed E-state index contributed by atoms with van der Waals surface area (Å²) in [5.41, 5.74) is 2.93. The zero-order chi connectivity index (χ0) is 23.1. The number of nitrogens with one attached hydrogen (secondary N) is 3. The molecule has 0 saturated heterocycles. The van der Waals surface area contributed by atoms with Crippen molar-refractivity contribution in [3.8, 4) is 0 Å². The lowest BCUT2D eigenvalue weighted by molar-refractivity contribution is -0.121. The van der Waals surface area contributed by atoms with Crippen LogP contribution in [0.1, 0.15) is 33.7 Å². The molecule has 0 bridgehead atoms. The van der Waals surface area contributed by atoms with E-state index in [1.54, 1.807) is 55.5 Å². The summed E-state index contributed by atoms with van der Waals surface area (Å²) in [4.78, 5) is 24.3. The van der Waals surface area contributed by atoms with E-state index >= 15 is 0 Å². The normalized spacial score (nSPS) is 11.2. The maximum atomic E-state index is 12.5. The van der Waals surface area contributed by atoms with Crippen LogP contribution in [0.3, 0.4) is 0 Å². The second kappa shape index (κ2) is 10.3. The van der Waals surface area contributed by atoms with E-state index in [0.29, 0.717) is 11.3 Å². The molecule has 0 spiro atoms. The van der Waals surface area contributed by atoms with Crippen molar-refractivity contribution in [2.75, 3.05) is 11.9 Å². The van der Waals surface area contributed by atoms with Crippen LogP contribution in [0.15, 0.2) is 70.2 Å². The Kier molecular flexibility index (Phi) is 7.45. The first kappa shape index (κ1) is 23.2. The lowest BCUT2D eigenvalue weighted by Gasteiger charge is -2.10. The van der Waals surface area contributed by atoms with Crippen LogP contribution in [0.25, 0.3) is 0 Å². The molecule has 0 unspecified atom stereocenters. The number of hydrogen-bond acceptors (Lipinski definition) is 5. The van der Waals surface area contributed by atoms with Gasteiger partial charge >= 0.3 is 0 Å². The Morgan fingerprint density at radius 2 is 1.75 bits per heavy atom. The van der Waals surface area contributed by atoms with E-state index in [2.05, 4.69) is 15.4 Å². The van der Waals surface area contributed by atoms with Crippen LogP contribution in [-0.4, -0.2) is 26.8 Å². The molecular formula is C23H25N3O5S. The highest BCUT2D eigenvalue weighted by Crippen LogP contribution is 2.16. The number of rotatable bonds is 9. The fourth-order valence-electron chi connectivity index (χ4n) is 2.97. The van der Waals surface area contributed by atoms with Crippen molar-refractivity contribution in [3.05, 3.63) is 83.3 Å². The number of carbonyl (C=O) groups excluding carboxylic acids is 2. The molecule has 3 rings (SSSR count). The Morgan fingerprint density at radius 3 is 2.44 bits per heavy atom. The van der Waals surface area contributed by atoms with Crippen LogP contribution >= 0.6 is 0 Å². The minimum absolute atomic E-state index is 0.000697. The van der Waals surface area contributed by atoms with Crippen molar-refractivity contribution < 1.29 is 22.4 Å². The van der Waals surface area contributed by atoms with Gasteiger partial charge in [-0.1, -0.05) is 24.3 Å². The molecule has 0 fully saturated rings. The lowest BCUT2D eigenvalue weighted by atomic mass is 10.2. The van der Waals surface area contributed by atoms with Gasteiger partial charge in [0.1, 0.15) is 0 Å². The quantitative estimate of drug-likeness (QED) is 0.458. The summed E-state index contributed by atoms with van der Waals surface area (Å²) in [5, 5.41) is 5.47. The number of sulfonamides is 1. The van der Waals surface area contributed by atoms with Crippen LogP contribution in [0.4, 0.5) is 5.69 Å². The summed E-state index contributed by atoms with van der Waals surface area (Å²) in [7, 11) is -3.68. The van der Waals surface area contributed by atoms with Crippen LogP contribution in [0, 0.1) is 13.8 Å². The number of hydrogen-bond donors (Lipinski definition) is 3. The largest absolute Gasteiger partial charge is 0.459 e. The average Bonchev–Trinajstić information content (AvgIpc) is 3.30. The van der Waals surface area contributed by atoms with Crippen LogP contribution in [0.5, 0.6) is 0 Å². The second-order valence-corrected chi connectivity index (χ2v) is 9.06. The summed E-state index contributed by atoms with van der Waals surface area (Å²) >= 11 is 0. The van der Waals surface area contributed by atoms with Gasteiger partial charge in [0.2, 0.25) is 15.9 Å². The molecule has 0 aliphatic rings. The molecule has 0 saturated carbocycles. The van der Waals surface area contributed by atoms with E-state index in [9.17, 15) is 18.0 Å². The third-order valence-electron chi connectivity index (χ3n) is 4.72. The van der Waals surface area contributed by atoms with Crippen molar-refractivity contribution in [3.63, 3.8) is 0 Å². The molecule has 168 valence electrons. The fourth-order valence-corrected chi connectivity index (χ4v) is 4.33. The summed E-state index contributed by atoms with van der Waals surface area (Å²) in [5.74, 6) is -0.405. The van der Waals surface area contributed by atoms with Gasteiger partial charge in [-0.15, -0.1) is 0 Å². The highest BCUT2D eigenvalue weighted by atomic mass is 32.2. The number of aryl methyl sites for hydroxylation is 2. The van der Waals surface area contributed by atoms with Crippen LogP contribution in [-0.2, 0) is 21.4 Å².